The molecule has 1 aliphatic carbocycles. The highest BCUT2D eigenvalue weighted by atomic mass is 16.4. The van der Waals surface area contributed by atoms with Gasteiger partial charge >= 0.3 is 5.97 Å². The van der Waals surface area contributed by atoms with Crippen LogP contribution in [0, 0.1) is 11.8 Å². The molecule has 3 heteroatoms. The monoisotopic (exact) mass is 211 g/mol. The largest absolute Gasteiger partial charge is 0.481 e. The van der Waals surface area contributed by atoms with Gasteiger partial charge in [-0.15, -0.1) is 0 Å². The third kappa shape index (κ3) is 2.33. The van der Waals surface area contributed by atoms with Crippen molar-refractivity contribution in [2.24, 2.45) is 11.8 Å². The molecule has 15 heavy (non-hydrogen) atoms. The zero-order valence-corrected chi connectivity index (χ0v) is 9.65. The first-order chi connectivity index (χ1) is 7.09. The lowest BCUT2D eigenvalue weighted by molar-refractivity contribution is -0.142. The fraction of sp³-hybridized carbons (Fsp3) is 0.917. The van der Waals surface area contributed by atoms with Crippen molar-refractivity contribution in [3.05, 3.63) is 0 Å². The van der Waals surface area contributed by atoms with Crippen molar-refractivity contribution in [2.75, 3.05) is 6.54 Å². The molecule has 2 unspecified atom stereocenters. The van der Waals surface area contributed by atoms with E-state index in [4.69, 9.17) is 0 Å². The zero-order chi connectivity index (χ0) is 11.0. The molecule has 1 heterocycles. The van der Waals surface area contributed by atoms with E-state index < -0.39 is 5.97 Å². The molecule has 1 saturated heterocycles. The van der Waals surface area contributed by atoms with E-state index in [-0.39, 0.29) is 5.92 Å². The van der Waals surface area contributed by atoms with Crippen molar-refractivity contribution in [1.29, 1.82) is 0 Å². The van der Waals surface area contributed by atoms with Crippen LogP contribution in [0.1, 0.15) is 39.5 Å². The van der Waals surface area contributed by atoms with Gasteiger partial charge in [0.05, 0.1) is 5.92 Å². The highest BCUT2D eigenvalue weighted by Crippen LogP contribution is 2.38. The predicted octanol–water partition coefficient (Wildman–Crippen LogP) is 1.97. The van der Waals surface area contributed by atoms with Crippen LogP contribution in [0.15, 0.2) is 0 Å². The Morgan fingerprint density at radius 2 is 2.07 bits per heavy atom. The second kappa shape index (κ2) is 4.12. The maximum atomic E-state index is 11.2. The second-order valence-corrected chi connectivity index (χ2v) is 5.40. The molecule has 2 rings (SSSR count). The summed E-state index contributed by atoms with van der Waals surface area (Å²) in [5, 5.41) is 9.19. The van der Waals surface area contributed by atoms with Gasteiger partial charge in [0, 0.05) is 12.1 Å². The predicted molar refractivity (Wildman–Crippen MR) is 58.7 cm³/mol. The summed E-state index contributed by atoms with van der Waals surface area (Å²) in [6, 6.07) is 1.01. The van der Waals surface area contributed by atoms with Gasteiger partial charge in [0.2, 0.25) is 0 Å². The number of aliphatic carboxylic acids is 1. The van der Waals surface area contributed by atoms with Gasteiger partial charge in [-0.3, -0.25) is 9.69 Å². The zero-order valence-electron chi connectivity index (χ0n) is 9.65. The van der Waals surface area contributed by atoms with Crippen molar-refractivity contribution < 1.29 is 9.90 Å². The van der Waals surface area contributed by atoms with Crippen LogP contribution in [0.2, 0.25) is 0 Å². The number of likely N-dealkylation sites (tertiary alicyclic amines) is 1. The minimum absolute atomic E-state index is 0.118. The number of hydrogen-bond donors (Lipinski definition) is 1. The van der Waals surface area contributed by atoms with E-state index in [1.54, 1.807) is 0 Å². The molecule has 0 aromatic rings. The van der Waals surface area contributed by atoms with E-state index in [2.05, 4.69) is 18.7 Å². The Kier molecular flexibility index (Phi) is 3.01. The molecular weight excluding hydrogens is 190 g/mol. The van der Waals surface area contributed by atoms with Gasteiger partial charge in [-0.25, -0.2) is 0 Å². The number of nitrogens with zero attached hydrogens (tertiary/aromatic N) is 1. The normalized spacial score (nSPS) is 32.5. The van der Waals surface area contributed by atoms with Crippen LogP contribution >= 0.6 is 0 Å². The van der Waals surface area contributed by atoms with Crippen LogP contribution in [0.25, 0.3) is 0 Å². The Bertz CT molecular complexity index is 248. The van der Waals surface area contributed by atoms with Crippen molar-refractivity contribution >= 4 is 5.97 Å². The summed E-state index contributed by atoms with van der Waals surface area (Å²) in [6.45, 7) is 5.36. The van der Waals surface area contributed by atoms with Crippen molar-refractivity contribution in [1.82, 2.24) is 4.90 Å². The van der Waals surface area contributed by atoms with Crippen molar-refractivity contribution in [3.8, 4) is 0 Å². The van der Waals surface area contributed by atoms with Gasteiger partial charge < -0.3 is 5.11 Å². The van der Waals surface area contributed by atoms with Gasteiger partial charge in [0.15, 0.2) is 0 Å². The fourth-order valence-electron chi connectivity index (χ4n) is 2.81. The molecule has 2 atom stereocenters. The van der Waals surface area contributed by atoms with E-state index in [0.29, 0.717) is 18.0 Å². The highest BCUT2D eigenvalue weighted by molar-refractivity contribution is 5.71. The third-order valence-corrected chi connectivity index (χ3v) is 3.63. The molecule has 2 aliphatic rings. The van der Waals surface area contributed by atoms with Crippen LogP contribution in [-0.2, 0) is 4.79 Å². The summed E-state index contributed by atoms with van der Waals surface area (Å²) in [5.41, 5.74) is 0. The molecule has 0 amide bonds. The molecular formula is C12H21NO2. The summed E-state index contributed by atoms with van der Waals surface area (Å²) in [4.78, 5) is 13.6. The minimum Gasteiger partial charge on any atom is -0.481 e. The van der Waals surface area contributed by atoms with Crippen LogP contribution in [0.3, 0.4) is 0 Å². The molecule has 2 fully saturated rings. The summed E-state index contributed by atoms with van der Waals surface area (Å²) < 4.78 is 0. The summed E-state index contributed by atoms with van der Waals surface area (Å²) in [7, 11) is 0. The SMILES string of the molecule is CC(C)CC1C(C(=O)O)CCN1C1CC1. The van der Waals surface area contributed by atoms with Crippen LogP contribution in [0.4, 0.5) is 0 Å². The Balaban J connectivity index is 2.04. The van der Waals surface area contributed by atoms with Crippen molar-refractivity contribution in [3.63, 3.8) is 0 Å². The first-order valence-electron chi connectivity index (χ1n) is 6.08. The molecule has 0 bridgehead atoms. The van der Waals surface area contributed by atoms with Crippen LogP contribution < -0.4 is 0 Å². The topological polar surface area (TPSA) is 40.5 Å². The molecule has 0 aromatic heterocycles. The average Bonchev–Trinajstić information content (AvgIpc) is 2.88. The Morgan fingerprint density at radius 3 is 2.53 bits per heavy atom. The first-order valence-corrected chi connectivity index (χ1v) is 6.08. The maximum absolute atomic E-state index is 11.2. The molecule has 3 nitrogen and oxygen atoms in total. The van der Waals surface area contributed by atoms with Gasteiger partial charge in [-0.05, 0) is 38.1 Å². The van der Waals surface area contributed by atoms with Gasteiger partial charge in [0.25, 0.3) is 0 Å². The van der Waals surface area contributed by atoms with E-state index in [9.17, 15) is 9.90 Å². The van der Waals surface area contributed by atoms with Crippen molar-refractivity contribution in [2.45, 2.75) is 51.6 Å². The van der Waals surface area contributed by atoms with Crippen LogP contribution in [0.5, 0.6) is 0 Å². The molecule has 1 aliphatic heterocycles. The van der Waals surface area contributed by atoms with Gasteiger partial charge in [-0.2, -0.15) is 0 Å². The first kappa shape index (κ1) is 10.9. The number of rotatable bonds is 4. The standard InChI is InChI=1S/C12H21NO2/c1-8(2)7-11-10(12(14)15)5-6-13(11)9-3-4-9/h8-11H,3-7H2,1-2H3,(H,14,15). The van der Waals surface area contributed by atoms with E-state index in [1.165, 1.54) is 12.8 Å². The summed E-state index contributed by atoms with van der Waals surface area (Å²) in [5.74, 6) is -0.118. The molecule has 1 N–H and O–H groups in total. The summed E-state index contributed by atoms with van der Waals surface area (Å²) >= 11 is 0. The van der Waals surface area contributed by atoms with Crippen LogP contribution in [-0.4, -0.2) is 34.6 Å². The number of carboxylic acids is 1. The minimum atomic E-state index is -0.594. The fourth-order valence-corrected chi connectivity index (χ4v) is 2.81. The molecule has 0 aromatic carbocycles. The van der Waals surface area contributed by atoms with Gasteiger partial charge in [-0.1, -0.05) is 13.8 Å². The highest BCUT2D eigenvalue weighted by Gasteiger charge is 2.44. The molecule has 1 saturated carbocycles. The quantitative estimate of drug-likeness (QED) is 0.773. The number of hydrogen-bond acceptors (Lipinski definition) is 2. The lowest BCUT2D eigenvalue weighted by Crippen LogP contribution is -2.38. The molecule has 0 spiro atoms. The smallest absolute Gasteiger partial charge is 0.308 e. The lowest BCUT2D eigenvalue weighted by Gasteiger charge is -2.28. The number of carboxylic acid groups (broad SMARTS) is 1. The second-order valence-electron chi connectivity index (χ2n) is 5.40. The summed E-state index contributed by atoms with van der Waals surface area (Å²) in [6.07, 6.45) is 4.44. The van der Waals surface area contributed by atoms with E-state index >= 15 is 0 Å². The average molecular weight is 211 g/mol. The Labute approximate surface area is 91.5 Å². The number of carbonyl (C=O) groups is 1. The molecule has 0 radical (unpaired) electrons. The Hall–Kier alpha value is -0.570. The third-order valence-electron chi connectivity index (χ3n) is 3.63. The Morgan fingerprint density at radius 1 is 1.40 bits per heavy atom. The van der Waals surface area contributed by atoms with Gasteiger partial charge in [0.1, 0.15) is 0 Å². The van der Waals surface area contributed by atoms with E-state index in [1.807, 2.05) is 0 Å². The molecule has 86 valence electrons. The maximum Gasteiger partial charge on any atom is 0.308 e. The lowest BCUT2D eigenvalue weighted by atomic mass is 9.92. The van der Waals surface area contributed by atoms with E-state index in [0.717, 1.165) is 19.4 Å².